The molecule has 0 saturated carbocycles. The summed E-state index contributed by atoms with van der Waals surface area (Å²) in [6, 6.07) is 3.48. The average Bonchev–Trinajstić information content (AvgIpc) is 2.11. The summed E-state index contributed by atoms with van der Waals surface area (Å²) in [5.74, 6) is -1.64. The monoisotopic (exact) mass is 186 g/mol. The van der Waals surface area contributed by atoms with Gasteiger partial charge in [0.15, 0.2) is 0 Å². The van der Waals surface area contributed by atoms with Crippen LogP contribution in [0.2, 0.25) is 0 Å². The second-order valence-corrected chi connectivity index (χ2v) is 2.47. The molecule has 0 aliphatic carbocycles. The summed E-state index contributed by atoms with van der Waals surface area (Å²) in [6.45, 7) is 0. The Morgan fingerprint density at radius 3 is 2.38 bits per heavy atom. The fourth-order valence-corrected chi connectivity index (χ4v) is 0.918. The van der Waals surface area contributed by atoms with Gasteiger partial charge in [-0.25, -0.2) is 8.78 Å². The number of halogens is 2. The number of hydrogen-bond donors (Lipinski definition) is 2. The minimum absolute atomic E-state index is 0.196. The van der Waals surface area contributed by atoms with Crippen LogP contribution in [0.5, 0.6) is 0 Å². The number of amidine groups is 1. The van der Waals surface area contributed by atoms with Crippen LogP contribution in [0.25, 0.3) is 0 Å². The van der Waals surface area contributed by atoms with E-state index in [0.29, 0.717) is 0 Å². The van der Waals surface area contributed by atoms with Crippen LogP contribution in [-0.4, -0.2) is 11.0 Å². The van der Waals surface area contributed by atoms with Gasteiger partial charge in [0.1, 0.15) is 17.5 Å². The highest BCUT2D eigenvalue weighted by molar-refractivity contribution is 5.82. The summed E-state index contributed by atoms with van der Waals surface area (Å²) < 4.78 is 25.8. The summed E-state index contributed by atoms with van der Waals surface area (Å²) in [5.41, 5.74) is 4.91. The van der Waals surface area contributed by atoms with E-state index in [0.717, 1.165) is 12.1 Å². The van der Waals surface area contributed by atoms with Crippen molar-refractivity contribution in [3.05, 3.63) is 35.4 Å². The highest BCUT2D eigenvalue weighted by Gasteiger charge is 2.09. The number of nitrogens with two attached hydrogens (primary N) is 1. The van der Waals surface area contributed by atoms with E-state index in [1.165, 1.54) is 6.07 Å². The highest BCUT2D eigenvalue weighted by atomic mass is 19.1. The first-order valence-electron chi connectivity index (χ1n) is 3.54. The van der Waals surface area contributed by atoms with Gasteiger partial charge in [-0.15, -0.1) is 0 Å². The SMILES string of the molecule is N/C(Cc1c(F)cccc1F)=N\O. The van der Waals surface area contributed by atoms with Gasteiger partial charge in [0.05, 0.1) is 0 Å². The molecule has 0 saturated heterocycles. The van der Waals surface area contributed by atoms with E-state index in [4.69, 9.17) is 10.9 Å². The van der Waals surface area contributed by atoms with Crippen LogP contribution in [0, 0.1) is 11.6 Å². The standard InChI is InChI=1S/C8H8F2N2O/c9-6-2-1-3-7(10)5(6)4-8(11)12-13/h1-3,13H,4H2,(H2,11,12). The van der Waals surface area contributed by atoms with Crippen LogP contribution < -0.4 is 5.73 Å². The Morgan fingerprint density at radius 2 is 1.92 bits per heavy atom. The molecule has 0 aliphatic heterocycles. The van der Waals surface area contributed by atoms with Crippen molar-refractivity contribution in [1.29, 1.82) is 0 Å². The van der Waals surface area contributed by atoms with E-state index < -0.39 is 11.6 Å². The van der Waals surface area contributed by atoms with Crippen molar-refractivity contribution in [1.82, 2.24) is 0 Å². The van der Waals surface area contributed by atoms with Gasteiger partial charge in [-0.2, -0.15) is 0 Å². The molecule has 0 aliphatic rings. The molecule has 0 radical (unpaired) electrons. The first-order chi connectivity index (χ1) is 6.15. The van der Waals surface area contributed by atoms with Crippen molar-refractivity contribution in [3.63, 3.8) is 0 Å². The molecule has 1 aromatic carbocycles. The Labute approximate surface area is 73.5 Å². The Balaban J connectivity index is 3.00. The summed E-state index contributed by atoms with van der Waals surface area (Å²) in [7, 11) is 0. The molecule has 1 rings (SSSR count). The number of oxime groups is 1. The minimum atomic E-state index is -0.702. The molecule has 0 aromatic heterocycles. The topological polar surface area (TPSA) is 58.6 Å². The van der Waals surface area contributed by atoms with Gasteiger partial charge in [0.2, 0.25) is 0 Å². The molecule has 70 valence electrons. The highest BCUT2D eigenvalue weighted by Crippen LogP contribution is 2.12. The van der Waals surface area contributed by atoms with Gasteiger partial charge < -0.3 is 10.9 Å². The third-order valence-corrected chi connectivity index (χ3v) is 1.55. The Morgan fingerprint density at radius 1 is 1.38 bits per heavy atom. The third-order valence-electron chi connectivity index (χ3n) is 1.55. The number of hydrogen-bond acceptors (Lipinski definition) is 2. The first kappa shape index (κ1) is 9.44. The lowest BCUT2D eigenvalue weighted by Gasteiger charge is -2.02. The quantitative estimate of drug-likeness (QED) is 0.316. The van der Waals surface area contributed by atoms with Crippen LogP contribution in [0.1, 0.15) is 5.56 Å². The zero-order valence-corrected chi connectivity index (χ0v) is 6.67. The lowest BCUT2D eigenvalue weighted by Crippen LogP contribution is -2.16. The lowest BCUT2D eigenvalue weighted by molar-refractivity contribution is 0.317. The van der Waals surface area contributed by atoms with E-state index in [9.17, 15) is 8.78 Å². The summed E-state index contributed by atoms with van der Waals surface area (Å²) in [6.07, 6.45) is -0.241. The number of nitrogens with zero attached hydrogens (tertiary/aromatic N) is 1. The van der Waals surface area contributed by atoms with Crippen LogP contribution in [0.4, 0.5) is 8.78 Å². The Hall–Kier alpha value is -1.65. The predicted octanol–water partition coefficient (Wildman–Crippen LogP) is 1.25. The molecule has 3 N–H and O–H groups in total. The predicted molar refractivity (Wildman–Crippen MR) is 43.5 cm³/mol. The van der Waals surface area contributed by atoms with Crippen LogP contribution in [0.15, 0.2) is 23.4 Å². The van der Waals surface area contributed by atoms with Crippen LogP contribution in [-0.2, 0) is 6.42 Å². The zero-order valence-electron chi connectivity index (χ0n) is 6.67. The molecule has 0 amide bonds. The largest absolute Gasteiger partial charge is 0.409 e. The first-order valence-corrected chi connectivity index (χ1v) is 3.54. The van der Waals surface area contributed by atoms with Gasteiger partial charge in [-0.05, 0) is 12.1 Å². The maximum Gasteiger partial charge on any atom is 0.143 e. The van der Waals surface area contributed by atoms with E-state index in [2.05, 4.69) is 5.16 Å². The number of rotatable bonds is 2. The summed E-state index contributed by atoms with van der Waals surface area (Å²) in [4.78, 5) is 0. The van der Waals surface area contributed by atoms with E-state index >= 15 is 0 Å². The molecule has 0 unspecified atom stereocenters. The van der Waals surface area contributed by atoms with Crippen molar-refractivity contribution < 1.29 is 14.0 Å². The molecule has 0 fully saturated rings. The van der Waals surface area contributed by atoms with Gasteiger partial charge >= 0.3 is 0 Å². The van der Waals surface area contributed by atoms with Crippen molar-refractivity contribution in [2.24, 2.45) is 10.9 Å². The molecule has 0 bridgehead atoms. The molecule has 0 heterocycles. The van der Waals surface area contributed by atoms with Gasteiger partial charge in [0.25, 0.3) is 0 Å². The van der Waals surface area contributed by atoms with Gasteiger partial charge in [-0.3, -0.25) is 0 Å². The van der Waals surface area contributed by atoms with Crippen LogP contribution >= 0.6 is 0 Å². The molecule has 0 atom stereocenters. The summed E-state index contributed by atoms with van der Waals surface area (Å²) >= 11 is 0. The lowest BCUT2D eigenvalue weighted by atomic mass is 10.1. The normalized spacial score (nSPS) is 11.7. The fraction of sp³-hybridized carbons (Fsp3) is 0.125. The average molecular weight is 186 g/mol. The molecule has 13 heavy (non-hydrogen) atoms. The Kier molecular flexibility index (Phi) is 2.79. The minimum Gasteiger partial charge on any atom is -0.409 e. The second kappa shape index (κ2) is 3.84. The molecular formula is C8H8F2N2O. The zero-order chi connectivity index (χ0) is 9.84. The van der Waals surface area contributed by atoms with E-state index in [1.54, 1.807) is 0 Å². The molecule has 5 heteroatoms. The molecule has 1 aromatic rings. The summed E-state index contributed by atoms with van der Waals surface area (Å²) in [5, 5.41) is 10.8. The Bertz CT molecular complexity index is 319. The number of benzene rings is 1. The van der Waals surface area contributed by atoms with Crippen molar-refractivity contribution in [2.45, 2.75) is 6.42 Å². The molecule has 0 spiro atoms. The van der Waals surface area contributed by atoms with E-state index in [-0.39, 0.29) is 17.8 Å². The molecular weight excluding hydrogens is 178 g/mol. The van der Waals surface area contributed by atoms with Crippen LogP contribution in [0.3, 0.4) is 0 Å². The van der Waals surface area contributed by atoms with Gasteiger partial charge in [-0.1, -0.05) is 11.2 Å². The third kappa shape index (κ3) is 2.14. The second-order valence-electron chi connectivity index (χ2n) is 2.47. The maximum atomic E-state index is 12.9. The maximum absolute atomic E-state index is 12.9. The van der Waals surface area contributed by atoms with Crippen molar-refractivity contribution in [3.8, 4) is 0 Å². The van der Waals surface area contributed by atoms with Gasteiger partial charge in [0, 0.05) is 12.0 Å². The molecule has 3 nitrogen and oxygen atoms in total. The smallest absolute Gasteiger partial charge is 0.143 e. The van der Waals surface area contributed by atoms with Crippen molar-refractivity contribution in [2.75, 3.05) is 0 Å². The fourth-order valence-electron chi connectivity index (χ4n) is 0.918. The van der Waals surface area contributed by atoms with E-state index in [1.807, 2.05) is 0 Å². The van der Waals surface area contributed by atoms with Crippen molar-refractivity contribution >= 4 is 5.84 Å².